The maximum absolute atomic E-state index is 12.6. The molecular formula is C19H25N5O4S2. The number of sulfonamides is 1. The van der Waals surface area contributed by atoms with Gasteiger partial charge in [-0.1, -0.05) is 12.1 Å². The van der Waals surface area contributed by atoms with Crippen LogP contribution in [-0.4, -0.2) is 73.4 Å². The van der Waals surface area contributed by atoms with E-state index >= 15 is 0 Å². The fourth-order valence-corrected chi connectivity index (χ4v) is 5.31. The largest absolute Gasteiger partial charge is 0.340 e. The minimum atomic E-state index is -3.24. The van der Waals surface area contributed by atoms with Crippen molar-refractivity contribution >= 4 is 33.6 Å². The Morgan fingerprint density at radius 2 is 1.90 bits per heavy atom. The van der Waals surface area contributed by atoms with Crippen molar-refractivity contribution in [2.24, 2.45) is 0 Å². The van der Waals surface area contributed by atoms with E-state index in [1.165, 1.54) is 22.3 Å². The molecule has 0 radical (unpaired) electrons. The van der Waals surface area contributed by atoms with Crippen LogP contribution < -0.4 is 10.6 Å². The molecule has 2 amide bonds. The molecule has 1 aromatic carbocycles. The summed E-state index contributed by atoms with van der Waals surface area (Å²) < 4.78 is 24.6. The summed E-state index contributed by atoms with van der Waals surface area (Å²) in [5.74, 6) is 0.467. The van der Waals surface area contributed by atoms with Crippen LogP contribution in [0.15, 0.2) is 24.3 Å². The first kappa shape index (κ1) is 22.6. The summed E-state index contributed by atoms with van der Waals surface area (Å²) in [6.07, 6.45) is 1.59. The van der Waals surface area contributed by atoms with Gasteiger partial charge in [0.15, 0.2) is 0 Å². The van der Waals surface area contributed by atoms with E-state index in [2.05, 4.69) is 16.7 Å². The molecule has 3 rings (SSSR count). The summed E-state index contributed by atoms with van der Waals surface area (Å²) >= 11 is 1.51. The predicted molar refractivity (Wildman–Crippen MR) is 114 cm³/mol. The second-order valence-corrected chi connectivity index (χ2v) is 10.5. The lowest BCUT2D eigenvalue weighted by atomic mass is 10.1. The van der Waals surface area contributed by atoms with Gasteiger partial charge in [-0.05, 0) is 17.7 Å². The van der Waals surface area contributed by atoms with Crippen LogP contribution in [0.3, 0.4) is 0 Å². The van der Waals surface area contributed by atoms with Crippen molar-refractivity contribution in [1.29, 1.82) is 5.26 Å². The van der Waals surface area contributed by atoms with Gasteiger partial charge in [-0.25, -0.2) is 8.42 Å². The highest BCUT2D eigenvalue weighted by Crippen LogP contribution is 2.20. The first-order chi connectivity index (χ1) is 14.2. The predicted octanol–water partition coefficient (Wildman–Crippen LogP) is 0.0471. The van der Waals surface area contributed by atoms with E-state index in [0.717, 1.165) is 5.56 Å². The summed E-state index contributed by atoms with van der Waals surface area (Å²) in [4.78, 5) is 26.4. The summed E-state index contributed by atoms with van der Waals surface area (Å²) in [5, 5.41) is 15.0. The molecule has 2 aliphatic heterocycles. The molecule has 2 unspecified atom stereocenters. The molecular weight excluding hydrogens is 426 g/mol. The van der Waals surface area contributed by atoms with Crippen molar-refractivity contribution in [1.82, 2.24) is 19.8 Å². The number of carbonyl (C=O) groups is 2. The molecule has 2 saturated heterocycles. The van der Waals surface area contributed by atoms with E-state index in [0.29, 0.717) is 37.5 Å². The molecule has 1 aromatic rings. The highest BCUT2D eigenvalue weighted by molar-refractivity contribution is 7.99. The number of rotatable bonds is 6. The SMILES string of the molecule is CS(=O)(=O)N1CCN(C(=O)CC2CC(=O)NC(SCc3ccc(C#N)cc3)N2)CC1. The molecule has 2 fully saturated rings. The van der Waals surface area contributed by atoms with E-state index in [4.69, 9.17) is 5.26 Å². The van der Waals surface area contributed by atoms with Crippen molar-refractivity contribution in [3.05, 3.63) is 35.4 Å². The Bertz CT molecular complexity index is 921. The minimum Gasteiger partial charge on any atom is -0.340 e. The van der Waals surface area contributed by atoms with Gasteiger partial charge in [0.25, 0.3) is 0 Å². The molecule has 0 aliphatic carbocycles. The Morgan fingerprint density at radius 3 is 2.50 bits per heavy atom. The first-order valence-corrected chi connectivity index (χ1v) is 12.5. The highest BCUT2D eigenvalue weighted by Gasteiger charge is 2.31. The third-order valence-electron chi connectivity index (χ3n) is 5.09. The van der Waals surface area contributed by atoms with E-state index in [1.807, 2.05) is 12.1 Å². The number of amides is 2. The van der Waals surface area contributed by atoms with Crippen LogP contribution in [0.4, 0.5) is 0 Å². The number of thioether (sulfide) groups is 1. The third-order valence-corrected chi connectivity index (χ3v) is 7.48. The van der Waals surface area contributed by atoms with Crippen LogP contribution in [0.25, 0.3) is 0 Å². The normalized spacial score (nSPS) is 22.9. The van der Waals surface area contributed by atoms with Crippen LogP contribution >= 0.6 is 11.8 Å². The summed E-state index contributed by atoms with van der Waals surface area (Å²) in [5.41, 5.74) is 1.34. The van der Waals surface area contributed by atoms with E-state index in [9.17, 15) is 18.0 Å². The van der Waals surface area contributed by atoms with Crippen molar-refractivity contribution in [3.63, 3.8) is 0 Å². The number of nitrogens with one attached hydrogen (secondary N) is 2. The number of nitriles is 1. The van der Waals surface area contributed by atoms with E-state index < -0.39 is 10.0 Å². The lowest BCUT2D eigenvalue weighted by Crippen LogP contribution is -2.57. The third kappa shape index (κ3) is 6.18. The zero-order chi connectivity index (χ0) is 21.7. The Morgan fingerprint density at radius 1 is 1.23 bits per heavy atom. The highest BCUT2D eigenvalue weighted by atomic mass is 32.2. The van der Waals surface area contributed by atoms with Crippen LogP contribution in [0.2, 0.25) is 0 Å². The molecule has 162 valence electrons. The molecule has 0 spiro atoms. The zero-order valence-electron chi connectivity index (χ0n) is 16.7. The number of nitrogens with zero attached hydrogens (tertiary/aromatic N) is 3. The van der Waals surface area contributed by atoms with Crippen LogP contribution in [0.5, 0.6) is 0 Å². The standard InChI is InChI=1S/C19H25N5O4S2/c1-30(27,28)24-8-6-23(7-9-24)18(26)11-16-10-17(25)22-19(21-16)29-13-15-4-2-14(12-20)3-5-15/h2-5,16,19,21H,6-11,13H2,1H3,(H,22,25). The first-order valence-electron chi connectivity index (χ1n) is 9.63. The number of hydrogen-bond donors (Lipinski definition) is 2. The fourth-order valence-electron chi connectivity index (χ4n) is 3.43. The Hall–Kier alpha value is -2.13. The van der Waals surface area contributed by atoms with E-state index in [-0.39, 0.29) is 36.2 Å². The van der Waals surface area contributed by atoms with Gasteiger partial charge in [0.1, 0.15) is 5.50 Å². The topological polar surface area (TPSA) is 123 Å². The van der Waals surface area contributed by atoms with Crippen molar-refractivity contribution in [3.8, 4) is 6.07 Å². The van der Waals surface area contributed by atoms with Crippen molar-refractivity contribution in [2.75, 3.05) is 32.4 Å². The van der Waals surface area contributed by atoms with Gasteiger partial charge in [-0.3, -0.25) is 14.9 Å². The summed E-state index contributed by atoms with van der Waals surface area (Å²) in [7, 11) is -3.24. The van der Waals surface area contributed by atoms with Crippen LogP contribution in [-0.2, 0) is 25.4 Å². The Kier molecular flexibility index (Phi) is 7.36. The Labute approximate surface area is 180 Å². The molecule has 11 heteroatoms. The lowest BCUT2D eigenvalue weighted by molar-refractivity contribution is -0.133. The fraction of sp³-hybridized carbons (Fsp3) is 0.526. The molecule has 2 aliphatic rings. The molecule has 0 bridgehead atoms. The van der Waals surface area contributed by atoms with Gasteiger partial charge in [-0.2, -0.15) is 9.57 Å². The van der Waals surface area contributed by atoms with Gasteiger partial charge < -0.3 is 10.2 Å². The number of piperazine rings is 1. The minimum absolute atomic E-state index is 0.0776. The molecule has 2 heterocycles. The van der Waals surface area contributed by atoms with Gasteiger partial charge in [-0.15, -0.1) is 11.8 Å². The second kappa shape index (κ2) is 9.78. The average Bonchev–Trinajstić information content (AvgIpc) is 2.71. The molecule has 0 aromatic heterocycles. The molecule has 9 nitrogen and oxygen atoms in total. The maximum atomic E-state index is 12.6. The summed E-state index contributed by atoms with van der Waals surface area (Å²) in [6.45, 7) is 1.32. The van der Waals surface area contributed by atoms with Crippen LogP contribution in [0, 0.1) is 11.3 Å². The van der Waals surface area contributed by atoms with E-state index in [1.54, 1.807) is 17.0 Å². The summed E-state index contributed by atoms with van der Waals surface area (Å²) in [6, 6.07) is 9.10. The zero-order valence-corrected chi connectivity index (χ0v) is 18.3. The van der Waals surface area contributed by atoms with Gasteiger partial charge in [0.2, 0.25) is 21.8 Å². The quantitative estimate of drug-likeness (QED) is 0.626. The van der Waals surface area contributed by atoms with Gasteiger partial charge in [0.05, 0.1) is 17.9 Å². The average molecular weight is 452 g/mol. The van der Waals surface area contributed by atoms with Gasteiger partial charge in [0, 0.05) is 50.8 Å². The molecule has 2 N–H and O–H groups in total. The van der Waals surface area contributed by atoms with Crippen molar-refractivity contribution in [2.45, 2.75) is 30.1 Å². The smallest absolute Gasteiger partial charge is 0.224 e. The Balaban J connectivity index is 1.48. The second-order valence-electron chi connectivity index (χ2n) is 7.38. The lowest BCUT2D eigenvalue weighted by Gasteiger charge is -2.35. The molecule has 2 atom stereocenters. The number of carbonyl (C=O) groups excluding carboxylic acids is 2. The molecule has 0 saturated carbocycles. The number of benzene rings is 1. The van der Waals surface area contributed by atoms with Crippen LogP contribution in [0.1, 0.15) is 24.0 Å². The van der Waals surface area contributed by atoms with Gasteiger partial charge >= 0.3 is 0 Å². The monoisotopic (exact) mass is 451 g/mol. The van der Waals surface area contributed by atoms with Crippen molar-refractivity contribution < 1.29 is 18.0 Å². The maximum Gasteiger partial charge on any atom is 0.224 e. The molecule has 30 heavy (non-hydrogen) atoms. The number of hydrogen-bond acceptors (Lipinski definition) is 7.